The highest BCUT2D eigenvalue weighted by Crippen LogP contribution is 2.20. The molecule has 0 saturated heterocycles. The lowest BCUT2D eigenvalue weighted by Gasteiger charge is -2.09. The molecule has 3 rings (SSSR count). The first-order chi connectivity index (χ1) is 14.3. The van der Waals surface area contributed by atoms with Gasteiger partial charge in [0.1, 0.15) is 0 Å². The van der Waals surface area contributed by atoms with Crippen molar-refractivity contribution in [2.45, 2.75) is 11.8 Å². The quantitative estimate of drug-likeness (QED) is 0.362. The standard InChI is InChI=1S/C21H17BrClN3O3S/c1-14(19-7-2-3-8-20(19)22)24-25-21(27)15-5-4-6-18(13-15)30(28,29)26-17-11-9-16(23)10-12-17/h2-13,26H,1H3,(H,25,27)/b24-14+. The molecule has 3 aromatic carbocycles. The maximum atomic E-state index is 12.6. The van der Waals surface area contributed by atoms with Gasteiger partial charge in [-0.15, -0.1) is 0 Å². The predicted octanol–water partition coefficient (Wildman–Crippen LogP) is 5.06. The fourth-order valence-corrected chi connectivity index (χ4v) is 4.35. The van der Waals surface area contributed by atoms with Crippen molar-refractivity contribution in [3.05, 3.63) is 93.4 Å². The van der Waals surface area contributed by atoms with Gasteiger partial charge in [0.25, 0.3) is 15.9 Å². The number of hydrazone groups is 1. The minimum Gasteiger partial charge on any atom is -0.280 e. The SMILES string of the molecule is C/C(=N\NC(=O)c1cccc(S(=O)(=O)Nc2ccc(Cl)cc2)c1)c1ccccc1Br. The van der Waals surface area contributed by atoms with E-state index in [1.165, 1.54) is 24.3 Å². The predicted molar refractivity (Wildman–Crippen MR) is 123 cm³/mol. The van der Waals surface area contributed by atoms with Crippen molar-refractivity contribution < 1.29 is 13.2 Å². The van der Waals surface area contributed by atoms with E-state index in [1.54, 1.807) is 31.2 Å². The highest BCUT2D eigenvalue weighted by Gasteiger charge is 2.16. The summed E-state index contributed by atoms with van der Waals surface area (Å²) in [6.45, 7) is 1.76. The van der Waals surface area contributed by atoms with E-state index in [-0.39, 0.29) is 10.5 Å². The number of carbonyl (C=O) groups excluding carboxylic acids is 1. The molecular formula is C21H17BrClN3O3S. The van der Waals surface area contributed by atoms with E-state index >= 15 is 0 Å². The third kappa shape index (κ3) is 5.47. The van der Waals surface area contributed by atoms with Crippen LogP contribution in [0.25, 0.3) is 0 Å². The largest absolute Gasteiger partial charge is 0.280 e. The summed E-state index contributed by atoms with van der Waals surface area (Å²) in [5, 5.41) is 4.60. The van der Waals surface area contributed by atoms with Crippen molar-refractivity contribution >= 4 is 54.9 Å². The van der Waals surface area contributed by atoms with Gasteiger partial charge < -0.3 is 0 Å². The molecule has 3 aromatic rings. The highest BCUT2D eigenvalue weighted by molar-refractivity contribution is 9.10. The summed E-state index contributed by atoms with van der Waals surface area (Å²) in [5.74, 6) is -0.523. The average molecular weight is 507 g/mol. The minimum absolute atomic E-state index is 0.0448. The van der Waals surface area contributed by atoms with Crippen molar-refractivity contribution in [2.24, 2.45) is 5.10 Å². The van der Waals surface area contributed by atoms with E-state index in [2.05, 4.69) is 31.2 Å². The third-order valence-corrected chi connectivity index (χ3v) is 6.41. The minimum atomic E-state index is -3.88. The molecule has 0 heterocycles. The number of halogens is 2. The van der Waals surface area contributed by atoms with Crippen LogP contribution in [-0.2, 0) is 10.0 Å². The van der Waals surface area contributed by atoms with Gasteiger partial charge in [-0.05, 0) is 55.5 Å². The zero-order valence-corrected chi connectivity index (χ0v) is 18.9. The summed E-state index contributed by atoms with van der Waals surface area (Å²) in [4.78, 5) is 12.4. The van der Waals surface area contributed by atoms with Crippen LogP contribution in [0.1, 0.15) is 22.8 Å². The maximum Gasteiger partial charge on any atom is 0.271 e. The van der Waals surface area contributed by atoms with E-state index < -0.39 is 15.9 Å². The van der Waals surface area contributed by atoms with Crippen molar-refractivity contribution in [2.75, 3.05) is 4.72 Å². The molecule has 30 heavy (non-hydrogen) atoms. The molecule has 0 saturated carbocycles. The molecule has 1 amide bonds. The van der Waals surface area contributed by atoms with Crippen LogP contribution in [-0.4, -0.2) is 20.0 Å². The molecule has 0 atom stereocenters. The molecule has 0 unspecified atom stereocenters. The lowest BCUT2D eigenvalue weighted by molar-refractivity contribution is 0.0954. The molecule has 0 fully saturated rings. The van der Waals surface area contributed by atoms with Crippen LogP contribution in [0, 0.1) is 0 Å². The number of nitrogens with one attached hydrogen (secondary N) is 2. The average Bonchev–Trinajstić information content (AvgIpc) is 2.73. The van der Waals surface area contributed by atoms with Crippen LogP contribution in [0.3, 0.4) is 0 Å². The molecule has 0 aliphatic heterocycles. The molecule has 0 bridgehead atoms. The molecule has 6 nitrogen and oxygen atoms in total. The number of benzene rings is 3. The second-order valence-electron chi connectivity index (χ2n) is 6.26. The van der Waals surface area contributed by atoms with Gasteiger partial charge in [-0.25, -0.2) is 13.8 Å². The number of rotatable bonds is 6. The lowest BCUT2D eigenvalue weighted by atomic mass is 10.1. The fourth-order valence-electron chi connectivity index (χ4n) is 2.55. The number of sulfonamides is 1. The van der Waals surface area contributed by atoms with E-state index in [1.807, 2.05) is 24.3 Å². The van der Waals surface area contributed by atoms with Gasteiger partial charge >= 0.3 is 0 Å². The number of anilines is 1. The van der Waals surface area contributed by atoms with Gasteiger partial charge in [-0.1, -0.05) is 51.8 Å². The van der Waals surface area contributed by atoms with Crippen LogP contribution in [0.15, 0.2) is 87.3 Å². The fraction of sp³-hybridized carbons (Fsp3) is 0.0476. The molecule has 2 N–H and O–H groups in total. The van der Waals surface area contributed by atoms with Crippen LogP contribution in [0.2, 0.25) is 5.02 Å². The second-order valence-corrected chi connectivity index (χ2v) is 9.23. The highest BCUT2D eigenvalue weighted by atomic mass is 79.9. The first-order valence-electron chi connectivity index (χ1n) is 8.74. The van der Waals surface area contributed by atoms with E-state index in [4.69, 9.17) is 11.6 Å². The van der Waals surface area contributed by atoms with Crippen molar-refractivity contribution in [1.82, 2.24) is 5.43 Å². The summed E-state index contributed by atoms with van der Waals surface area (Å²) < 4.78 is 28.6. The zero-order chi connectivity index (χ0) is 21.7. The number of nitrogens with zero attached hydrogens (tertiary/aromatic N) is 1. The second kappa shape index (κ2) is 9.42. The maximum absolute atomic E-state index is 12.6. The van der Waals surface area contributed by atoms with E-state index in [0.29, 0.717) is 16.4 Å². The van der Waals surface area contributed by atoms with Crippen LogP contribution in [0.4, 0.5) is 5.69 Å². The normalized spacial score (nSPS) is 11.8. The monoisotopic (exact) mass is 505 g/mol. The first-order valence-corrected chi connectivity index (χ1v) is 11.4. The lowest BCUT2D eigenvalue weighted by Crippen LogP contribution is -2.20. The van der Waals surface area contributed by atoms with Gasteiger partial charge in [0.05, 0.1) is 10.6 Å². The molecule has 0 spiro atoms. The Hall–Kier alpha value is -2.68. The van der Waals surface area contributed by atoms with Gasteiger partial charge in [0, 0.05) is 26.3 Å². The Morgan fingerprint density at radius 3 is 2.40 bits per heavy atom. The van der Waals surface area contributed by atoms with Gasteiger partial charge in [-0.3, -0.25) is 9.52 Å². The Morgan fingerprint density at radius 1 is 1.00 bits per heavy atom. The first kappa shape index (κ1) is 22.0. The van der Waals surface area contributed by atoms with E-state index in [9.17, 15) is 13.2 Å². The molecule has 0 aliphatic rings. The smallest absolute Gasteiger partial charge is 0.271 e. The third-order valence-electron chi connectivity index (χ3n) is 4.09. The Kier molecular flexibility index (Phi) is 6.91. The number of hydrogen-bond acceptors (Lipinski definition) is 4. The molecule has 154 valence electrons. The summed E-state index contributed by atoms with van der Waals surface area (Å²) in [6, 6.07) is 19.4. The van der Waals surface area contributed by atoms with Crippen molar-refractivity contribution in [3.8, 4) is 0 Å². The molecular weight excluding hydrogens is 490 g/mol. The molecule has 0 radical (unpaired) electrons. The number of carbonyl (C=O) groups is 1. The van der Waals surface area contributed by atoms with Gasteiger partial charge in [-0.2, -0.15) is 5.10 Å². The van der Waals surface area contributed by atoms with Gasteiger partial charge in [0.2, 0.25) is 0 Å². The van der Waals surface area contributed by atoms with Crippen molar-refractivity contribution in [1.29, 1.82) is 0 Å². The summed E-state index contributed by atoms with van der Waals surface area (Å²) in [7, 11) is -3.88. The molecule has 0 aliphatic carbocycles. The summed E-state index contributed by atoms with van der Waals surface area (Å²) in [6.07, 6.45) is 0. The topological polar surface area (TPSA) is 87.6 Å². The summed E-state index contributed by atoms with van der Waals surface area (Å²) >= 11 is 9.26. The van der Waals surface area contributed by atoms with Gasteiger partial charge in [0.15, 0.2) is 0 Å². The number of amides is 1. The Labute approximate surface area is 188 Å². The summed E-state index contributed by atoms with van der Waals surface area (Å²) in [5.41, 5.74) is 4.42. The number of hydrogen-bond donors (Lipinski definition) is 2. The Balaban J connectivity index is 1.77. The molecule has 0 aromatic heterocycles. The zero-order valence-electron chi connectivity index (χ0n) is 15.8. The van der Waals surface area contributed by atoms with Crippen molar-refractivity contribution in [3.63, 3.8) is 0 Å². The molecule has 9 heteroatoms. The Bertz CT molecular complexity index is 1210. The van der Waals surface area contributed by atoms with E-state index in [0.717, 1.165) is 10.0 Å². The van der Waals surface area contributed by atoms with Crippen LogP contribution < -0.4 is 10.1 Å². The van der Waals surface area contributed by atoms with Crippen LogP contribution in [0.5, 0.6) is 0 Å². The van der Waals surface area contributed by atoms with Crippen LogP contribution >= 0.6 is 27.5 Å². The Morgan fingerprint density at radius 2 is 1.70 bits per heavy atom.